The van der Waals surface area contributed by atoms with E-state index in [2.05, 4.69) is 0 Å². The van der Waals surface area contributed by atoms with Crippen LogP contribution in [0.4, 0.5) is 0 Å². The van der Waals surface area contributed by atoms with E-state index in [1.54, 1.807) is 0 Å². The molecule has 0 spiro atoms. The van der Waals surface area contributed by atoms with Gasteiger partial charge in [-0.2, -0.15) is 8.42 Å². The predicted molar refractivity (Wildman–Crippen MR) is 37.3 cm³/mol. The van der Waals surface area contributed by atoms with Gasteiger partial charge in [0.1, 0.15) is 0 Å². The number of nitrogens with two attached hydrogens (primary N) is 2. The summed E-state index contributed by atoms with van der Waals surface area (Å²) in [7, 11) is -4.67. The molecule has 0 aromatic carbocycles. The first-order valence-corrected chi connectivity index (χ1v) is 3.41. The number of hydrogen-bond donors (Lipinski definition) is 5. The Morgan fingerprint density at radius 2 is 1.18 bits per heavy atom. The second kappa shape index (κ2) is 12.9. The Hall–Kier alpha value is 0.269. The minimum absolute atomic E-state index is 0. The molecular formula is C2H13FeN3O4S. The maximum Gasteiger partial charge on any atom is 0.394 e. The topological polar surface area (TPSA) is 162 Å². The summed E-state index contributed by atoms with van der Waals surface area (Å²) in [6.07, 6.45) is 0. The van der Waals surface area contributed by atoms with Crippen LogP contribution in [-0.2, 0) is 27.5 Å². The Labute approximate surface area is 76.2 Å². The average molecular weight is 231 g/mol. The molecule has 9 N–H and O–H groups in total. The van der Waals surface area contributed by atoms with Gasteiger partial charge in [0.15, 0.2) is 0 Å². The van der Waals surface area contributed by atoms with Crippen LogP contribution in [0.2, 0.25) is 0 Å². The molecule has 0 aliphatic carbocycles. The molecular weight excluding hydrogens is 218 g/mol. The molecule has 0 amide bonds. The molecule has 0 saturated heterocycles. The zero-order chi connectivity index (χ0) is 7.91. The second-order valence-electron chi connectivity index (χ2n) is 1.03. The van der Waals surface area contributed by atoms with Crippen molar-refractivity contribution < 1.29 is 34.6 Å². The van der Waals surface area contributed by atoms with Gasteiger partial charge in [-0.15, -0.1) is 0 Å². The van der Waals surface area contributed by atoms with Crippen LogP contribution in [0.3, 0.4) is 0 Å². The van der Waals surface area contributed by atoms with E-state index in [9.17, 15) is 0 Å². The first-order valence-electron chi connectivity index (χ1n) is 2.01. The summed E-state index contributed by atoms with van der Waals surface area (Å²) >= 11 is 0. The first-order chi connectivity index (χ1) is 3.91. The molecule has 11 heavy (non-hydrogen) atoms. The molecule has 0 atom stereocenters. The van der Waals surface area contributed by atoms with Crippen molar-refractivity contribution in [1.82, 2.24) is 6.15 Å². The van der Waals surface area contributed by atoms with E-state index in [1.165, 1.54) is 0 Å². The molecule has 7 nitrogen and oxygen atoms in total. The van der Waals surface area contributed by atoms with Gasteiger partial charge in [0.25, 0.3) is 0 Å². The molecule has 74 valence electrons. The quantitative estimate of drug-likeness (QED) is 0.268. The summed E-state index contributed by atoms with van der Waals surface area (Å²) in [5, 5.41) is 0. The van der Waals surface area contributed by atoms with E-state index in [1.807, 2.05) is 0 Å². The van der Waals surface area contributed by atoms with Gasteiger partial charge in [-0.05, 0) is 0 Å². The molecule has 0 bridgehead atoms. The van der Waals surface area contributed by atoms with E-state index in [-0.39, 0.29) is 23.2 Å². The van der Waals surface area contributed by atoms with Gasteiger partial charge < -0.3 is 17.6 Å². The Kier molecular flexibility index (Phi) is 26.4. The Morgan fingerprint density at radius 3 is 1.18 bits per heavy atom. The standard InChI is InChI=1S/C2H8N2.Fe.H3N.H2O4S/c3-1-2-4;;;1-5(2,3)4/h1-4H2;;1H3;(H2,1,2,3,4). The zero-order valence-corrected chi connectivity index (χ0v) is 7.67. The molecule has 0 heterocycles. The SMILES string of the molecule is N.NCCN.O=S(=O)(O)O.[Fe]. The van der Waals surface area contributed by atoms with Crippen LogP contribution < -0.4 is 17.6 Å². The summed E-state index contributed by atoms with van der Waals surface area (Å²) < 4.78 is 31.6. The van der Waals surface area contributed by atoms with Crippen LogP contribution in [-0.4, -0.2) is 30.6 Å². The fourth-order valence-corrected chi connectivity index (χ4v) is 0. The molecule has 0 radical (unpaired) electrons. The molecule has 0 saturated carbocycles. The summed E-state index contributed by atoms with van der Waals surface area (Å²) in [5.74, 6) is 0. The maximum atomic E-state index is 8.74. The van der Waals surface area contributed by atoms with Crippen molar-refractivity contribution in [2.75, 3.05) is 13.1 Å². The molecule has 0 rings (SSSR count). The second-order valence-corrected chi connectivity index (χ2v) is 1.92. The van der Waals surface area contributed by atoms with E-state index in [0.717, 1.165) is 0 Å². The van der Waals surface area contributed by atoms with Gasteiger partial charge in [0.05, 0.1) is 0 Å². The number of hydrogen-bond acceptors (Lipinski definition) is 5. The van der Waals surface area contributed by atoms with E-state index < -0.39 is 10.4 Å². The van der Waals surface area contributed by atoms with Gasteiger partial charge in [-0.25, -0.2) is 0 Å². The summed E-state index contributed by atoms with van der Waals surface area (Å²) in [6, 6.07) is 0. The summed E-state index contributed by atoms with van der Waals surface area (Å²) in [5.41, 5.74) is 9.81. The van der Waals surface area contributed by atoms with E-state index >= 15 is 0 Å². The molecule has 0 aromatic rings. The number of rotatable bonds is 1. The van der Waals surface area contributed by atoms with Crippen molar-refractivity contribution in [2.45, 2.75) is 0 Å². The van der Waals surface area contributed by atoms with Crippen molar-refractivity contribution in [3.63, 3.8) is 0 Å². The van der Waals surface area contributed by atoms with Crippen LogP contribution in [0.15, 0.2) is 0 Å². The molecule has 0 aliphatic heterocycles. The van der Waals surface area contributed by atoms with Crippen molar-refractivity contribution in [3.8, 4) is 0 Å². The Morgan fingerprint density at radius 1 is 1.09 bits per heavy atom. The minimum Gasteiger partial charge on any atom is -0.344 e. The van der Waals surface area contributed by atoms with Crippen LogP contribution >= 0.6 is 0 Å². The minimum atomic E-state index is -4.67. The van der Waals surface area contributed by atoms with Crippen molar-refractivity contribution >= 4 is 10.4 Å². The molecule has 0 aromatic heterocycles. The van der Waals surface area contributed by atoms with E-state index in [4.69, 9.17) is 29.0 Å². The predicted octanol–water partition coefficient (Wildman–Crippen LogP) is -1.59. The monoisotopic (exact) mass is 231 g/mol. The molecule has 0 unspecified atom stereocenters. The Balaban J connectivity index is -0.0000000383. The normalized spacial score (nSPS) is 8.00. The fraction of sp³-hybridized carbons (Fsp3) is 1.00. The molecule has 0 aliphatic rings. The third kappa shape index (κ3) is 436. The third-order valence-electron chi connectivity index (χ3n) is 0.167. The van der Waals surface area contributed by atoms with Gasteiger partial charge in [-0.1, -0.05) is 0 Å². The largest absolute Gasteiger partial charge is 0.394 e. The smallest absolute Gasteiger partial charge is 0.344 e. The maximum absolute atomic E-state index is 8.74. The third-order valence-corrected chi connectivity index (χ3v) is 0.167. The van der Waals surface area contributed by atoms with Crippen molar-refractivity contribution in [1.29, 1.82) is 0 Å². The van der Waals surface area contributed by atoms with Gasteiger partial charge >= 0.3 is 10.4 Å². The summed E-state index contributed by atoms with van der Waals surface area (Å²) in [4.78, 5) is 0. The van der Waals surface area contributed by atoms with Crippen LogP contribution in [0.1, 0.15) is 0 Å². The zero-order valence-electron chi connectivity index (χ0n) is 5.75. The first kappa shape index (κ1) is 22.5. The van der Waals surface area contributed by atoms with E-state index in [0.29, 0.717) is 13.1 Å². The van der Waals surface area contributed by atoms with Crippen LogP contribution in [0.5, 0.6) is 0 Å². The van der Waals surface area contributed by atoms with Crippen LogP contribution in [0.25, 0.3) is 0 Å². The Bertz CT molecular complexity index is 126. The molecule has 9 heteroatoms. The average Bonchev–Trinajstić information content (AvgIpc) is 1.61. The van der Waals surface area contributed by atoms with Crippen LogP contribution in [0, 0.1) is 0 Å². The van der Waals surface area contributed by atoms with Crippen molar-refractivity contribution in [2.24, 2.45) is 11.5 Å². The van der Waals surface area contributed by atoms with Gasteiger partial charge in [-0.3, -0.25) is 9.11 Å². The van der Waals surface area contributed by atoms with Gasteiger partial charge in [0, 0.05) is 30.2 Å². The molecule has 0 fully saturated rings. The fourth-order valence-electron chi connectivity index (χ4n) is 0. The van der Waals surface area contributed by atoms with Crippen molar-refractivity contribution in [3.05, 3.63) is 0 Å². The van der Waals surface area contributed by atoms with Gasteiger partial charge in [0.2, 0.25) is 0 Å². The summed E-state index contributed by atoms with van der Waals surface area (Å²) in [6.45, 7) is 1.19.